The Morgan fingerprint density at radius 2 is 2.15 bits per heavy atom. The van der Waals surface area contributed by atoms with E-state index in [1.54, 1.807) is 6.20 Å². The summed E-state index contributed by atoms with van der Waals surface area (Å²) in [5.74, 6) is 0.257. The van der Waals surface area contributed by atoms with E-state index in [1.807, 2.05) is 26.1 Å². The van der Waals surface area contributed by atoms with Crippen LogP contribution in [0.15, 0.2) is 18.5 Å². The molecule has 0 spiro atoms. The molecule has 0 bridgehead atoms. The molecule has 0 amide bonds. The molecule has 1 aromatic heterocycles. The van der Waals surface area contributed by atoms with Crippen LogP contribution >= 0.6 is 0 Å². The molecule has 0 saturated carbocycles. The molecule has 0 saturated heterocycles. The van der Waals surface area contributed by atoms with Gasteiger partial charge in [-0.05, 0) is 29.5 Å². The van der Waals surface area contributed by atoms with Gasteiger partial charge < -0.3 is 5.11 Å². The van der Waals surface area contributed by atoms with Gasteiger partial charge in [-0.15, -0.1) is 0 Å². The Labute approximate surface area is 79.6 Å². The topological polar surface area (TPSA) is 33.1 Å². The smallest absolute Gasteiger partial charge is 0.0816 e. The van der Waals surface area contributed by atoms with Crippen LogP contribution in [0.4, 0.5) is 0 Å². The number of rotatable bonds is 3. The van der Waals surface area contributed by atoms with Crippen LogP contribution < -0.4 is 0 Å². The summed E-state index contributed by atoms with van der Waals surface area (Å²) >= 11 is 0. The normalized spacial score (nSPS) is 13.3. The number of hydrogen-bond donors (Lipinski definition) is 1. The third-order valence-electron chi connectivity index (χ3n) is 2.27. The number of nitrogens with zero attached hydrogens (tertiary/aromatic N) is 1. The first-order chi connectivity index (χ1) is 6.16. The maximum absolute atomic E-state index is 9.88. The minimum atomic E-state index is -0.363. The van der Waals surface area contributed by atoms with Gasteiger partial charge >= 0.3 is 0 Å². The number of aliphatic hydroxyl groups is 1. The van der Waals surface area contributed by atoms with E-state index in [0.717, 1.165) is 17.5 Å². The molecule has 0 aromatic carbocycles. The van der Waals surface area contributed by atoms with E-state index >= 15 is 0 Å². The Balaban J connectivity index is 2.98. The third kappa shape index (κ3) is 2.28. The van der Waals surface area contributed by atoms with Crippen molar-refractivity contribution in [1.82, 2.24) is 4.98 Å². The summed E-state index contributed by atoms with van der Waals surface area (Å²) in [6, 6.07) is 1.91. The van der Waals surface area contributed by atoms with E-state index < -0.39 is 0 Å². The zero-order valence-electron chi connectivity index (χ0n) is 8.49. The summed E-state index contributed by atoms with van der Waals surface area (Å²) in [5.41, 5.74) is 2.16. The highest BCUT2D eigenvalue weighted by Gasteiger charge is 2.14. The molecule has 1 rings (SSSR count). The van der Waals surface area contributed by atoms with E-state index in [9.17, 15) is 5.11 Å². The molecule has 1 heterocycles. The van der Waals surface area contributed by atoms with Gasteiger partial charge in [0.1, 0.15) is 0 Å². The van der Waals surface area contributed by atoms with Gasteiger partial charge in [-0.25, -0.2) is 0 Å². The fourth-order valence-electron chi connectivity index (χ4n) is 1.38. The molecule has 72 valence electrons. The summed E-state index contributed by atoms with van der Waals surface area (Å²) in [4.78, 5) is 4.05. The lowest BCUT2D eigenvalue weighted by atomic mass is 9.95. The van der Waals surface area contributed by atoms with Crippen LogP contribution in [0.2, 0.25) is 0 Å². The summed E-state index contributed by atoms with van der Waals surface area (Å²) in [7, 11) is 0. The Morgan fingerprint density at radius 1 is 1.46 bits per heavy atom. The number of aryl methyl sites for hydroxylation is 1. The fourth-order valence-corrected chi connectivity index (χ4v) is 1.38. The minimum absolute atomic E-state index is 0.257. The van der Waals surface area contributed by atoms with Gasteiger partial charge in [0.25, 0.3) is 0 Å². The first-order valence-corrected chi connectivity index (χ1v) is 4.77. The van der Waals surface area contributed by atoms with Crippen molar-refractivity contribution in [2.24, 2.45) is 5.92 Å². The molecule has 0 aliphatic heterocycles. The zero-order valence-corrected chi connectivity index (χ0v) is 8.49. The molecule has 1 atom stereocenters. The van der Waals surface area contributed by atoms with Crippen molar-refractivity contribution >= 4 is 0 Å². The van der Waals surface area contributed by atoms with E-state index in [0.29, 0.717) is 0 Å². The van der Waals surface area contributed by atoms with Gasteiger partial charge in [0.05, 0.1) is 6.10 Å². The van der Waals surface area contributed by atoms with Gasteiger partial charge in [-0.3, -0.25) is 4.98 Å². The quantitative estimate of drug-likeness (QED) is 0.772. The fraction of sp³-hybridized carbons (Fsp3) is 0.545. The van der Waals surface area contributed by atoms with Crippen molar-refractivity contribution in [3.63, 3.8) is 0 Å². The molecule has 1 unspecified atom stereocenters. The lowest BCUT2D eigenvalue weighted by molar-refractivity contribution is 0.126. The van der Waals surface area contributed by atoms with Crippen molar-refractivity contribution in [2.75, 3.05) is 0 Å². The molecule has 1 N–H and O–H groups in total. The number of aromatic nitrogens is 1. The Hall–Kier alpha value is -0.890. The molecule has 13 heavy (non-hydrogen) atoms. The molecule has 0 fully saturated rings. The van der Waals surface area contributed by atoms with E-state index in [-0.39, 0.29) is 12.0 Å². The van der Waals surface area contributed by atoms with Gasteiger partial charge in [-0.1, -0.05) is 20.8 Å². The van der Waals surface area contributed by atoms with Crippen molar-refractivity contribution in [1.29, 1.82) is 0 Å². The van der Waals surface area contributed by atoms with Gasteiger partial charge in [0, 0.05) is 12.4 Å². The van der Waals surface area contributed by atoms with Crippen LogP contribution in [0.25, 0.3) is 0 Å². The molecule has 1 aromatic rings. The van der Waals surface area contributed by atoms with Crippen LogP contribution in [0.5, 0.6) is 0 Å². The SMILES string of the molecule is CCc1cnccc1C(O)C(C)C. The summed E-state index contributed by atoms with van der Waals surface area (Å²) in [6.07, 6.45) is 4.13. The van der Waals surface area contributed by atoms with Crippen LogP contribution in [-0.2, 0) is 6.42 Å². The van der Waals surface area contributed by atoms with Crippen molar-refractivity contribution in [3.8, 4) is 0 Å². The highest BCUT2D eigenvalue weighted by molar-refractivity contribution is 5.25. The Bertz CT molecular complexity index is 271. The van der Waals surface area contributed by atoms with Crippen molar-refractivity contribution < 1.29 is 5.11 Å². The Morgan fingerprint density at radius 3 is 2.69 bits per heavy atom. The number of pyridine rings is 1. The molecule has 2 nitrogen and oxygen atoms in total. The van der Waals surface area contributed by atoms with Gasteiger partial charge in [0.2, 0.25) is 0 Å². The van der Waals surface area contributed by atoms with E-state index in [4.69, 9.17) is 0 Å². The maximum Gasteiger partial charge on any atom is 0.0816 e. The molecule has 0 aliphatic rings. The molecular formula is C11H17NO. The zero-order chi connectivity index (χ0) is 9.84. The summed E-state index contributed by atoms with van der Waals surface area (Å²) in [5, 5.41) is 9.88. The van der Waals surface area contributed by atoms with Crippen LogP contribution in [0, 0.1) is 5.92 Å². The van der Waals surface area contributed by atoms with E-state index in [1.165, 1.54) is 0 Å². The van der Waals surface area contributed by atoms with Crippen LogP contribution in [0.1, 0.15) is 38.0 Å². The Kier molecular flexibility index (Phi) is 3.43. The predicted molar refractivity (Wildman–Crippen MR) is 53.4 cm³/mol. The first-order valence-electron chi connectivity index (χ1n) is 4.77. The second kappa shape index (κ2) is 4.38. The van der Waals surface area contributed by atoms with Gasteiger partial charge in [0.15, 0.2) is 0 Å². The summed E-state index contributed by atoms with van der Waals surface area (Å²) in [6.45, 7) is 6.11. The highest BCUT2D eigenvalue weighted by Crippen LogP contribution is 2.23. The standard InChI is InChI=1S/C11H17NO/c1-4-9-7-12-6-5-10(9)11(13)8(2)3/h5-8,11,13H,4H2,1-3H3. The molecular weight excluding hydrogens is 162 g/mol. The first kappa shape index (κ1) is 10.2. The highest BCUT2D eigenvalue weighted by atomic mass is 16.3. The second-order valence-electron chi connectivity index (χ2n) is 3.62. The molecule has 2 heteroatoms. The van der Waals surface area contributed by atoms with Gasteiger partial charge in [-0.2, -0.15) is 0 Å². The van der Waals surface area contributed by atoms with Crippen molar-refractivity contribution in [2.45, 2.75) is 33.3 Å². The van der Waals surface area contributed by atoms with E-state index in [2.05, 4.69) is 11.9 Å². The number of hydrogen-bond acceptors (Lipinski definition) is 2. The monoisotopic (exact) mass is 179 g/mol. The molecule has 0 aliphatic carbocycles. The van der Waals surface area contributed by atoms with Crippen LogP contribution in [0.3, 0.4) is 0 Å². The minimum Gasteiger partial charge on any atom is -0.388 e. The largest absolute Gasteiger partial charge is 0.388 e. The lowest BCUT2D eigenvalue weighted by Crippen LogP contribution is -2.08. The van der Waals surface area contributed by atoms with Crippen LogP contribution in [-0.4, -0.2) is 10.1 Å². The number of aliphatic hydroxyl groups excluding tert-OH is 1. The maximum atomic E-state index is 9.88. The lowest BCUT2D eigenvalue weighted by Gasteiger charge is -2.17. The second-order valence-corrected chi connectivity index (χ2v) is 3.62. The average Bonchev–Trinajstić information content (AvgIpc) is 2.16. The molecule has 0 radical (unpaired) electrons. The summed E-state index contributed by atoms with van der Waals surface area (Å²) < 4.78 is 0. The van der Waals surface area contributed by atoms with Crippen molar-refractivity contribution in [3.05, 3.63) is 29.6 Å². The third-order valence-corrected chi connectivity index (χ3v) is 2.27. The average molecular weight is 179 g/mol. The predicted octanol–water partition coefficient (Wildman–Crippen LogP) is 2.33.